The molecule has 1 fully saturated rings. The lowest BCUT2D eigenvalue weighted by Gasteiger charge is -2.32. The molecule has 0 unspecified atom stereocenters. The molecule has 1 aliphatic carbocycles. The molecule has 0 radical (unpaired) electrons. The third-order valence-corrected chi connectivity index (χ3v) is 4.19. The van der Waals surface area contributed by atoms with Crippen molar-refractivity contribution in [2.75, 3.05) is 6.54 Å². The highest BCUT2D eigenvalue weighted by atomic mass is 16.6. The minimum atomic E-state index is -0.635. The van der Waals surface area contributed by atoms with Crippen molar-refractivity contribution in [1.82, 2.24) is 4.90 Å². The van der Waals surface area contributed by atoms with Crippen LogP contribution >= 0.6 is 0 Å². The fraction of sp³-hybridized carbons (Fsp3) is 0.353. The third kappa shape index (κ3) is 3.59. The van der Waals surface area contributed by atoms with Gasteiger partial charge in [-0.15, -0.1) is 0 Å². The number of carbonyl (C=O) groups excluding carboxylic acids is 1. The predicted octanol–water partition coefficient (Wildman–Crippen LogP) is 3.63. The van der Waals surface area contributed by atoms with Crippen molar-refractivity contribution >= 4 is 11.8 Å². The number of nitro groups is 1. The van der Waals surface area contributed by atoms with Gasteiger partial charge in [0.25, 0.3) is 5.91 Å². The van der Waals surface area contributed by atoms with Gasteiger partial charge in [0.1, 0.15) is 4.92 Å². The van der Waals surface area contributed by atoms with E-state index >= 15 is 0 Å². The second-order valence-electron chi connectivity index (χ2n) is 5.86. The Hall–Kier alpha value is -2.63. The zero-order chi connectivity index (χ0) is 16.2. The normalized spacial score (nSPS) is 14.3. The Morgan fingerprint density at radius 3 is 2.52 bits per heavy atom. The number of rotatable bonds is 6. The SMILES string of the molecule is O=C(c1ccc([N+](=O)[O-])o1)N(Cc1ccccc1)CC1CCC1. The molecule has 23 heavy (non-hydrogen) atoms. The molecule has 1 aromatic heterocycles. The molecule has 6 nitrogen and oxygen atoms in total. The first kappa shape index (κ1) is 15.3. The maximum atomic E-state index is 12.7. The highest BCUT2D eigenvalue weighted by Crippen LogP contribution is 2.28. The minimum Gasteiger partial charge on any atom is -0.395 e. The van der Waals surface area contributed by atoms with Gasteiger partial charge in [-0.25, -0.2) is 0 Å². The molecule has 0 spiro atoms. The molecule has 120 valence electrons. The van der Waals surface area contributed by atoms with E-state index < -0.39 is 10.8 Å². The van der Waals surface area contributed by atoms with Crippen LogP contribution in [0.25, 0.3) is 0 Å². The molecular formula is C17H18N2O4. The minimum absolute atomic E-state index is 0.0203. The maximum absolute atomic E-state index is 12.7. The van der Waals surface area contributed by atoms with E-state index in [-0.39, 0.29) is 11.7 Å². The van der Waals surface area contributed by atoms with Gasteiger partial charge in [-0.2, -0.15) is 0 Å². The summed E-state index contributed by atoms with van der Waals surface area (Å²) in [5, 5.41) is 10.7. The van der Waals surface area contributed by atoms with E-state index in [9.17, 15) is 14.9 Å². The van der Waals surface area contributed by atoms with Crippen LogP contribution in [-0.4, -0.2) is 22.3 Å². The Labute approximate surface area is 133 Å². The molecule has 0 atom stereocenters. The lowest BCUT2D eigenvalue weighted by Crippen LogP contribution is -2.36. The zero-order valence-corrected chi connectivity index (χ0v) is 12.7. The summed E-state index contributed by atoms with van der Waals surface area (Å²) in [6, 6.07) is 12.3. The van der Waals surface area contributed by atoms with Gasteiger partial charge >= 0.3 is 5.88 Å². The summed E-state index contributed by atoms with van der Waals surface area (Å²) in [5.74, 6) is -0.176. The summed E-state index contributed by atoms with van der Waals surface area (Å²) < 4.78 is 5.07. The molecule has 2 aromatic rings. The summed E-state index contributed by atoms with van der Waals surface area (Å²) in [7, 11) is 0. The van der Waals surface area contributed by atoms with Crippen LogP contribution in [0.1, 0.15) is 35.4 Å². The van der Waals surface area contributed by atoms with E-state index in [0.717, 1.165) is 18.4 Å². The molecule has 0 saturated heterocycles. The van der Waals surface area contributed by atoms with Gasteiger partial charge in [0, 0.05) is 13.1 Å². The van der Waals surface area contributed by atoms with Crippen molar-refractivity contribution in [3.05, 3.63) is 63.9 Å². The van der Waals surface area contributed by atoms with Crippen LogP contribution in [0.15, 0.2) is 46.9 Å². The van der Waals surface area contributed by atoms with Gasteiger partial charge in [-0.05, 0) is 30.4 Å². The monoisotopic (exact) mass is 314 g/mol. The molecule has 0 N–H and O–H groups in total. The van der Waals surface area contributed by atoms with E-state index in [2.05, 4.69) is 0 Å². The summed E-state index contributed by atoms with van der Waals surface area (Å²) in [5.41, 5.74) is 1.03. The second kappa shape index (κ2) is 6.64. The Morgan fingerprint density at radius 2 is 1.96 bits per heavy atom. The van der Waals surface area contributed by atoms with Crippen LogP contribution in [0.2, 0.25) is 0 Å². The zero-order valence-electron chi connectivity index (χ0n) is 12.7. The van der Waals surface area contributed by atoms with Gasteiger partial charge in [0.05, 0.1) is 6.07 Å². The van der Waals surface area contributed by atoms with E-state index in [0.29, 0.717) is 19.0 Å². The smallest absolute Gasteiger partial charge is 0.395 e. The van der Waals surface area contributed by atoms with Crippen molar-refractivity contribution in [2.45, 2.75) is 25.8 Å². The Bertz CT molecular complexity index is 692. The maximum Gasteiger partial charge on any atom is 0.433 e. The van der Waals surface area contributed by atoms with Gasteiger partial charge in [0.15, 0.2) is 5.76 Å². The van der Waals surface area contributed by atoms with Crippen LogP contribution < -0.4 is 0 Å². The van der Waals surface area contributed by atoms with Crippen LogP contribution in [-0.2, 0) is 6.54 Å². The van der Waals surface area contributed by atoms with Crippen LogP contribution in [0.3, 0.4) is 0 Å². The van der Waals surface area contributed by atoms with Crippen molar-refractivity contribution < 1.29 is 14.1 Å². The van der Waals surface area contributed by atoms with Crippen molar-refractivity contribution in [3.63, 3.8) is 0 Å². The molecule has 0 bridgehead atoms. The first-order chi connectivity index (χ1) is 11.1. The first-order valence-corrected chi connectivity index (χ1v) is 7.71. The Balaban J connectivity index is 1.77. The molecule has 0 aliphatic heterocycles. The van der Waals surface area contributed by atoms with E-state index in [1.807, 2.05) is 30.3 Å². The summed E-state index contributed by atoms with van der Waals surface area (Å²) in [6.07, 6.45) is 3.44. The average molecular weight is 314 g/mol. The lowest BCUT2D eigenvalue weighted by atomic mass is 9.85. The van der Waals surface area contributed by atoms with Crippen molar-refractivity contribution in [3.8, 4) is 0 Å². The van der Waals surface area contributed by atoms with Gasteiger partial charge in [-0.1, -0.05) is 36.8 Å². The van der Waals surface area contributed by atoms with Gasteiger partial charge in [-0.3, -0.25) is 14.9 Å². The fourth-order valence-electron chi connectivity index (χ4n) is 2.71. The number of hydrogen-bond acceptors (Lipinski definition) is 4. The largest absolute Gasteiger partial charge is 0.433 e. The molecule has 1 amide bonds. The summed E-state index contributed by atoms with van der Waals surface area (Å²) >= 11 is 0. The predicted molar refractivity (Wildman–Crippen MR) is 83.9 cm³/mol. The number of hydrogen-bond donors (Lipinski definition) is 0. The summed E-state index contributed by atoms with van der Waals surface area (Å²) in [6.45, 7) is 1.13. The van der Waals surface area contributed by atoms with E-state index in [1.54, 1.807) is 4.90 Å². The van der Waals surface area contributed by atoms with Crippen molar-refractivity contribution in [2.24, 2.45) is 5.92 Å². The van der Waals surface area contributed by atoms with Crippen LogP contribution in [0, 0.1) is 16.0 Å². The van der Waals surface area contributed by atoms with E-state index in [1.165, 1.54) is 18.6 Å². The molecule has 6 heteroatoms. The molecule has 1 aromatic carbocycles. The first-order valence-electron chi connectivity index (χ1n) is 7.71. The molecule has 1 heterocycles. The Morgan fingerprint density at radius 1 is 1.22 bits per heavy atom. The second-order valence-corrected chi connectivity index (χ2v) is 5.86. The number of furan rings is 1. The van der Waals surface area contributed by atoms with Crippen molar-refractivity contribution in [1.29, 1.82) is 0 Å². The quantitative estimate of drug-likeness (QED) is 0.602. The topological polar surface area (TPSA) is 76.6 Å². The highest BCUT2D eigenvalue weighted by molar-refractivity contribution is 5.91. The van der Waals surface area contributed by atoms with Gasteiger partial charge < -0.3 is 9.32 Å². The number of amides is 1. The van der Waals surface area contributed by atoms with Crippen LogP contribution in [0.4, 0.5) is 5.88 Å². The standard InChI is InChI=1S/C17H18N2O4/c20-17(15-9-10-16(23-15)19(21)22)18(12-14-7-4-8-14)11-13-5-2-1-3-6-13/h1-3,5-6,9-10,14H,4,7-8,11-12H2. The molecular weight excluding hydrogens is 296 g/mol. The Kier molecular flexibility index (Phi) is 4.41. The number of nitrogens with zero attached hydrogens (tertiary/aromatic N) is 2. The van der Waals surface area contributed by atoms with Gasteiger partial charge in [0.2, 0.25) is 0 Å². The average Bonchev–Trinajstić information content (AvgIpc) is 3.00. The highest BCUT2D eigenvalue weighted by Gasteiger charge is 2.27. The third-order valence-electron chi connectivity index (χ3n) is 4.19. The molecule has 1 saturated carbocycles. The molecule has 1 aliphatic rings. The fourth-order valence-corrected chi connectivity index (χ4v) is 2.71. The lowest BCUT2D eigenvalue weighted by molar-refractivity contribution is -0.402. The number of carbonyl (C=O) groups is 1. The number of benzene rings is 1. The van der Waals surface area contributed by atoms with Crippen LogP contribution in [0.5, 0.6) is 0 Å². The molecule has 3 rings (SSSR count). The summed E-state index contributed by atoms with van der Waals surface area (Å²) in [4.78, 5) is 24.5. The van der Waals surface area contributed by atoms with E-state index in [4.69, 9.17) is 4.42 Å².